The summed E-state index contributed by atoms with van der Waals surface area (Å²) < 4.78 is 26.5. The maximum absolute atomic E-state index is 12.3. The molecule has 1 fully saturated rings. The molecule has 0 aromatic heterocycles. The maximum atomic E-state index is 12.3. The topological polar surface area (TPSA) is 104 Å². The smallest absolute Gasteiger partial charge is 0.239 e. The second-order valence-electron chi connectivity index (χ2n) is 6.81. The van der Waals surface area contributed by atoms with Gasteiger partial charge in [-0.15, -0.1) is 0 Å². The van der Waals surface area contributed by atoms with Gasteiger partial charge in [0.1, 0.15) is 5.78 Å². The third-order valence-corrected chi connectivity index (χ3v) is 6.00. The van der Waals surface area contributed by atoms with Crippen LogP contribution in [0.1, 0.15) is 38.3 Å². The summed E-state index contributed by atoms with van der Waals surface area (Å²) in [4.78, 5) is 23.8. The van der Waals surface area contributed by atoms with E-state index < -0.39 is 27.3 Å². The Morgan fingerprint density at radius 1 is 1.25 bits per heavy atom. The average Bonchev–Trinajstić information content (AvgIpc) is 2.45. The molecule has 128 valence electrons. The number of nitrogens with zero attached hydrogens (tertiary/aromatic N) is 1. The highest BCUT2D eigenvalue weighted by Crippen LogP contribution is 2.51. The van der Waals surface area contributed by atoms with Crippen molar-refractivity contribution in [3.63, 3.8) is 0 Å². The second kappa shape index (κ2) is 6.36. The highest BCUT2D eigenvalue weighted by molar-refractivity contribution is 7.89. The lowest BCUT2D eigenvalue weighted by Gasteiger charge is -2.49. The van der Waals surface area contributed by atoms with E-state index in [1.54, 1.807) is 26.0 Å². The van der Waals surface area contributed by atoms with Crippen LogP contribution < -0.4 is 4.72 Å². The van der Waals surface area contributed by atoms with E-state index >= 15 is 0 Å². The first-order valence-corrected chi connectivity index (χ1v) is 9.26. The van der Waals surface area contributed by atoms with Crippen LogP contribution in [-0.2, 0) is 25.4 Å². The Balaban J connectivity index is 2.03. The second-order valence-corrected chi connectivity index (χ2v) is 8.53. The fourth-order valence-corrected chi connectivity index (χ4v) is 4.37. The fourth-order valence-electron chi connectivity index (χ4n) is 3.22. The van der Waals surface area contributed by atoms with Crippen molar-refractivity contribution in [1.82, 2.24) is 4.72 Å². The van der Waals surface area contributed by atoms with Crippen LogP contribution in [0, 0.1) is 28.6 Å². The molecule has 0 saturated heterocycles. The maximum Gasteiger partial charge on any atom is 0.239 e. The molecule has 1 saturated carbocycles. The van der Waals surface area contributed by atoms with Crippen molar-refractivity contribution >= 4 is 21.7 Å². The van der Waals surface area contributed by atoms with Crippen molar-refractivity contribution in [2.24, 2.45) is 17.3 Å². The van der Waals surface area contributed by atoms with Gasteiger partial charge in [0.05, 0.1) is 17.4 Å². The highest BCUT2D eigenvalue weighted by atomic mass is 32.2. The number of ketones is 1. The van der Waals surface area contributed by atoms with E-state index in [0.29, 0.717) is 17.5 Å². The number of nitrogens with one attached hydrogen (secondary N) is 1. The zero-order chi connectivity index (χ0) is 18.1. The summed E-state index contributed by atoms with van der Waals surface area (Å²) in [6.07, 6.45) is 0.376. The number of carbonyl (C=O) groups is 2. The van der Waals surface area contributed by atoms with E-state index in [4.69, 9.17) is 5.26 Å². The third-order valence-electron chi connectivity index (χ3n) is 4.77. The molecule has 2 rings (SSSR count). The first-order valence-electron chi connectivity index (χ1n) is 7.60. The summed E-state index contributed by atoms with van der Waals surface area (Å²) in [5.74, 6) is -1.60. The molecule has 7 heteroatoms. The lowest BCUT2D eigenvalue weighted by Crippen LogP contribution is -2.55. The molecule has 2 atom stereocenters. The Bertz CT molecular complexity index is 804. The largest absolute Gasteiger partial charge is 0.300 e. The number of amides is 1. The van der Waals surface area contributed by atoms with Gasteiger partial charge < -0.3 is 0 Å². The quantitative estimate of drug-likeness (QED) is 0.873. The van der Waals surface area contributed by atoms with E-state index in [1.807, 2.05) is 6.07 Å². The summed E-state index contributed by atoms with van der Waals surface area (Å²) in [6, 6.07) is 8.09. The minimum Gasteiger partial charge on any atom is -0.300 e. The van der Waals surface area contributed by atoms with Gasteiger partial charge >= 0.3 is 0 Å². The Kier molecular flexibility index (Phi) is 4.81. The van der Waals surface area contributed by atoms with Crippen LogP contribution in [0.25, 0.3) is 0 Å². The Morgan fingerprint density at radius 3 is 2.29 bits per heavy atom. The van der Waals surface area contributed by atoms with Crippen LogP contribution in [0.2, 0.25) is 0 Å². The van der Waals surface area contributed by atoms with Gasteiger partial charge in [0, 0.05) is 11.8 Å². The zero-order valence-corrected chi connectivity index (χ0v) is 14.7. The molecule has 1 N–H and O–H groups in total. The third kappa shape index (κ3) is 3.65. The molecule has 1 aromatic carbocycles. The molecule has 1 aromatic rings. The number of carbonyl (C=O) groups excluding carboxylic acids is 2. The lowest BCUT2D eigenvalue weighted by atomic mass is 9.53. The minimum absolute atomic E-state index is 0.0180. The molecule has 0 unspecified atom stereocenters. The Labute approximate surface area is 141 Å². The molecular weight excluding hydrogens is 328 g/mol. The summed E-state index contributed by atoms with van der Waals surface area (Å²) in [6.45, 7) is 5.10. The van der Waals surface area contributed by atoms with Crippen LogP contribution in [-0.4, -0.2) is 20.1 Å². The van der Waals surface area contributed by atoms with Crippen molar-refractivity contribution in [3.8, 4) is 6.07 Å². The first-order chi connectivity index (χ1) is 11.1. The Morgan fingerprint density at radius 2 is 1.83 bits per heavy atom. The van der Waals surface area contributed by atoms with Gasteiger partial charge in [0.25, 0.3) is 0 Å². The summed E-state index contributed by atoms with van der Waals surface area (Å²) in [5, 5.41) is 8.73. The summed E-state index contributed by atoms with van der Waals surface area (Å²) in [5.41, 5.74) is 0.385. The predicted octanol–water partition coefficient (Wildman–Crippen LogP) is 1.76. The van der Waals surface area contributed by atoms with Crippen LogP contribution in [0.3, 0.4) is 0 Å². The lowest BCUT2D eigenvalue weighted by molar-refractivity contribution is -0.147. The first kappa shape index (κ1) is 18.1. The Hall–Kier alpha value is -2.20. The van der Waals surface area contributed by atoms with Crippen LogP contribution in [0.15, 0.2) is 24.3 Å². The van der Waals surface area contributed by atoms with Gasteiger partial charge in [-0.2, -0.15) is 5.26 Å². The minimum atomic E-state index is -3.83. The normalized spacial score (nSPS) is 22.1. The average molecular weight is 348 g/mol. The van der Waals surface area contributed by atoms with Crippen LogP contribution in [0.5, 0.6) is 0 Å². The van der Waals surface area contributed by atoms with E-state index in [-0.39, 0.29) is 17.5 Å². The van der Waals surface area contributed by atoms with E-state index in [0.717, 1.165) is 0 Å². The van der Waals surface area contributed by atoms with Gasteiger partial charge in [-0.05, 0) is 36.5 Å². The molecule has 0 heterocycles. The summed E-state index contributed by atoms with van der Waals surface area (Å²) >= 11 is 0. The zero-order valence-electron chi connectivity index (χ0n) is 13.9. The van der Waals surface area contributed by atoms with Crippen molar-refractivity contribution in [1.29, 1.82) is 5.26 Å². The molecule has 6 nitrogen and oxygen atoms in total. The SMILES string of the molecule is CC(=O)[C@@H]1C[C@H](C(=O)NS(=O)(=O)Cc2ccc(C#N)cc2)C1(C)C. The fraction of sp³-hybridized carbons (Fsp3) is 0.471. The van der Waals surface area contributed by atoms with Crippen molar-refractivity contribution < 1.29 is 18.0 Å². The molecule has 1 aliphatic carbocycles. The van der Waals surface area contributed by atoms with E-state index in [9.17, 15) is 18.0 Å². The molecule has 0 aliphatic heterocycles. The standard InChI is InChI=1S/C17H20N2O4S/c1-11(20)14-8-15(17(14,2)3)16(21)19-24(22,23)10-13-6-4-12(9-18)5-7-13/h4-7,14-15H,8,10H2,1-3H3,(H,19,21)/t14-,15+/m0/s1. The van der Waals surface area contributed by atoms with Crippen LogP contribution in [0.4, 0.5) is 0 Å². The molecule has 0 spiro atoms. The number of benzene rings is 1. The van der Waals surface area contributed by atoms with Crippen LogP contribution >= 0.6 is 0 Å². The number of hydrogen-bond donors (Lipinski definition) is 1. The number of Topliss-reactive ketones (excluding diaryl/α,β-unsaturated/α-hetero) is 1. The molecule has 0 radical (unpaired) electrons. The molecular formula is C17H20N2O4S. The van der Waals surface area contributed by atoms with Gasteiger partial charge in [-0.3, -0.25) is 14.3 Å². The number of nitriles is 1. The number of rotatable bonds is 5. The van der Waals surface area contributed by atoms with Gasteiger partial charge in [-0.1, -0.05) is 26.0 Å². The highest BCUT2D eigenvalue weighted by Gasteiger charge is 2.54. The molecule has 24 heavy (non-hydrogen) atoms. The summed E-state index contributed by atoms with van der Waals surface area (Å²) in [7, 11) is -3.83. The predicted molar refractivity (Wildman–Crippen MR) is 88.0 cm³/mol. The van der Waals surface area contributed by atoms with Crippen molar-refractivity contribution in [2.75, 3.05) is 0 Å². The molecule has 1 amide bonds. The monoisotopic (exact) mass is 348 g/mol. The van der Waals surface area contributed by atoms with Gasteiger partial charge in [0.2, 0.25) is 15.9 Å². The van der Waals surface area contributed by atoms with Crippen molar-refractivity contribution in [2.45, 2.75) is 32.9 Å². The van der Waals surface area contributed by atoms with E-state index in [2.05, 4.69) is 4.72 Å². The number of hydrogen-bond acceptors (Lipinski definition) is 5. The molecule has 1 aliphatic rings. The van der Waals surface area contributed by atoms with E-state index in [1.165, 1.54) is 19.1 Å². The van der Waals surface area contributed by atoms with Gasteiger partial charge in [-0.25, -0.2) is 8.42 Å². The molecule has 0 bridgehead atoms. The van der Waals surface area contributed by atoms with Gasteiger partial charge in [0.15, 0.2) is 0 Å². The van der Waals surface area contributed by atoms with Crippen molar-refractivity contribution in [3.05, 3.63) is 35.4 Å². The number of sulfonamides is 1.